The van der Waals surface area contributed by atoms with Crippen molar-refractivity contribution in [2.75, 3.05) is 6.61 Å². The van der Waals surface area contributed by atoms with E-state index < -0.39 is 12.1 Å². The number of benzene rings is 2. The van der Waals surface area contributed by atoms with Gasteiger partial charge in [0.15, 0.2) is 0 Å². The lowest BCUT2D eigenvalue weighted by Crippen LogP contribution is -2.30. The van der Waals surface area contributed by atoms with Crippen LogP contribution < -0.4 is 4.74 Å². The highest BCUT2D eigenvalue weighted by Crippen LogP contribution is 2.35. The molecule has 2 aliphatic rings. The molecule has 1 atom stereocenters. The zero-order valence-corrected chi connectivity index (χ0v) is 16.9. The third kappa shape index (κ3) is 4.23. The van der Waals surface area contributed by atoms with E-state index in [4.69, 9.17) is 21.7 Å². The van der Waals surface area contributed by atoms with Gasteiger partial charge in [-0.05, 0) is 17.7 Å². The average Bonchev–Trinajstić information content (AvgIpc) is 3.15. The SMILES string of the molecule is O=C(C=C(C1=CC=CCC1=S)N1C(=O)OC[C@H]1c1ccccc1)Oc1ccccc1. The number of hydrogen-bond acceptors (Lipinski definition) is 5. The first-order valence-corrected chi connectivity index (χ1v) is 9.94. The summed E-state index contributed by atoms with van der Waals surface area (Å²) in [6.07, 6.45) is 6.95. The van der Waals surface area contributed by atoms with Gasteiger partial charge in [0, 0.05) is 22.9 Å². The predicted molar refractivity (Wildman–Crippen MR) is 117 cm³/mol. The van der Waals surface area contributed by atoms with Crippen molar-refractivity contribution in [3.05, 3.63) is 102 Å². The molecule has 0 radical (unpaired) electrons. The molecule has 0 aromatic heterocycles. The van der Waals surface area contributed by atoms with Crippen LogP contribution in [0.3, 0.4) is 0 Å². The number of esters is 1. The highest BCUT2D eigenvalue weighted by molar-refractivity contribution is 7.80. The van der Waals surface area contributed by atoms with Crippen molar-refractivity contribution < 1.29 is 19.1 Å². The van der Waals surface area contributed by atoms with Crippen molar-refractivity contribution in [2.45, 2.75) is 12.5 Å². The molecular formula is C24H19NO4S. The number of carbonyl (C=O) groups excluding carboxylic acids is 2. The van der Waals surface area contributed by atoms with Crippen LogP contribution in [0.1, 0.15) is 18.0 Å². The van der Waals surface area contributed by atoms with E-state index in [1.165, 1.54) is 11.0 Å². The Balaban J connectivity index is 1.74. The molecule has 150 valence electrons. The van der Waals surface area contributed by atoms with Gasteiger partial charge in [-0.1, -0.05) is 79.0 Å². The average molecular weight is 417 g/mol. The van der Waals surface area contributed by atoms with E-state index in [1.807, 2.05) is 48.6 Å². The van der Waals surface area contributed by atoms with Gasteiger partial charge in [-0.3, -0.25) is 4.90 Å². The Morgan fingerprint density at radius 2 is 1.80 bits per heavy atom. The molecule has 6 heteroatoms. The van der Waals surface area contributed by atoms with Crippen LogP contribution in [0.25, 0.3) is 0 Å². The van der Waals surface area contributed by atoms with Gasteiger partial charge in [-0.2, -0.15) is 0 Å². The van der Waals surface area contributed by atoms with Crippen molar-refractivity contribution in [2.24, 2.45) is 0 Å². The second kappa shape index (κ2) is 8.88. The van der Waals surface area contributed by atoms with Gasteiger partial charge >= 0.3 is 12.1 Å². The number of rotatable bonds is 5. The van der Waals surface area contributed by atoms with Crippen LogP contribution in [-0.4, -0.2) is 28.4 Å². The molecule has 0 saturated carbocycles. The van der Waals surface area contributed by atoms with Crippen LogP contribution in [0.4, 0.5) is 4.79 Å². The molecular weight excluding hydrogens is 398 g/mol. The molecule has 30 heavy (non-hydrogen) atoms. The van der Waals surface area contributed by atoms with Crippen LogP contribution in [0.15, 0.2) is 96.2 Å². The number of ether oxygens (including phenoxy) is 2. The highest BCUT2D eigenvalue weighted by Gasteiger charge is 2.38. The number of hydrogen-bond donors (Lipinski definition) is 0. The molecule has 0 N–H and O–H groups in total. The van der Waals surface area contributed by atoms with Gasteiger partial charge in [-0.25, -0.2) is 9.59 Å². The minimum Gasteiger partial charge on any atom is -0.447 e. The van der Waals surface area contributed by atoms with Gasteiger partial charge in [0.25, 0.3) is 0 Å². The van der Waals surface area contributed by atoms with Crippen molar-refractivity contribution in [1.29, 1.82) is 0 Å². The van der Waals surface area contributed by atoms with E-state index >= 15 is 0 Å². The first-order valence-electron chi connectivity index (χ1n) is 9.53. The first-order chi connectivity index (χ1) is 14.6. The number of nitrogens with zero attached hydrogens (tertiary/aromatic N) is 1. The maximum absolute atomic E-state index is 12.7. The standard InChI is InChI=1S/C24H19NO4S/c26-23(29-18-11-5-2-6-12-18)15-20(19-13-7-8-14-22(19)30)25-21(16-28-24(25)27)17-9-3-1-4-10-17/h1-13,15,21H,14,16H2/t21-/m0/s1. The molecule has 1 heterocycles. The largest absolute Gasteiger partial charge is 0.447 e. The Kier molecular flexibility index (Phi) is 5.86. The van der Waals surface area contributed by atoms with E-state index in [9.17, 15) is 9.59 Å². The van der Waals surface area contributed by atoms with Gasteiger partial charge in [-0.15, -0.1) is 0 Å². The van der Waals surface area contributed by atoms with Crippen LogP contribution in [0.5, 0.6) is 5.75 Å². The molecule has 1 saturated heterocycles. The zero-order valence-electron chi connectivity index (χ0n) is 16.1. The summed E-state index contributed by atoms with van der Waals surface area (Å²) in [6.45, 7) is 0.184. The van der Waals surface area contributed by atoms with Gasteiger partial charge in [0.1, 0.15) is 12.4 Å². The summed E-state index contributed by atoms with van der Waals surface area (Å²) in [4.78, 5) is 27.6. The third-order valence-corrected chi connectivity index (χ3v) is 5.20. The molecule has 0 unspecified atom stereocenters. The van der Waals surface area contributed by atoms with E-state index in [0.717, 1.165) is 5.56 Å². The molecule has 2 aromatic carbocycles. The maximum atomic E-state index is 12.7. The molecule has 1 amide bonds. The Bertz CT molecular complexity index is 1060. The molecule has 1 fully saturated rings. The summed E-state index contributed by atoms with van der Waals surface area (Å²) < 4.78 is 10.8. The summed E-state index contributed by atoms with van der Waals surface area (Å²) in [5.41, 5.74) is 1.92. The fourth-order valence-corrected chi connectivity index (χ4v) is 3.67. The number of thiocarbonyl (C=S) groups is 1. The van der Waals surface area contributed by atoms with E-state index in [1.54, 1.807) is 30.3 Å². The molecule has 5 nitrogen and oxygen atoms in total. The summed E-state index contributed by atoms with van der Waals surface area (Å²) in [5, 5.41) is 0. The molecule has 2 aromatic rings. The number of para-hydroxylation sites is 1. The minimum absolute atomic E-state index is 0.184. The summed E-state index contributed by atoms with van der Waals surface area (Å²) >= 11 is 5.52. The third-order valence-electron chi connectivity index (χ3n) is 4.81. The second-order valence-corrected chi connectivity index (χ2v) is 7.27. The number of cyclic esters (lactones) is 1. The smallest absolute Gasteiger partial charge is 0.415 e. The first kappa shape index (κ1) is 19.8. The minimum atomic E-state index is -0.596. The lowest BCUT2D eigenvalue weighted by Gasteiger charge is -2.27. The number of amides is 1. The topological polar surface area (TPSA) is 55.8 Å². The maximum Gasteiger partial charge on any atom is 0.415 e. The van der Waals surface area contributed by atoms with Crippen LogP contribution >= 0.6 is 12.2 Å². The van der Waals surface area contributed by atoms with E-state index in [2.05, 4.69) is 0 Å². The molecule has 0 spiro atoms. The van der Waals surface area contributed by atoms with Crippen molar-refractivity contribution in [1.82, 2.24) is 4.90 Å². The van der Waals surface area contributed by atoms with Gasteiger partial charge < -0.3 is 9.47 Å². The van der Waals surface area contributed by atoms with Crippen molar-refractivity contribution in [3.8, 4) is 5.75 Å². The van der Waals surface area contributed by atoms with Crippen LogP contribution in [-0.2, 0) is 9.53 Å². The lowest BCUT2D eigenvalue weighted by atomic mass is 9.98. The molecule has 1 aliphatic heterocycles. The summed E-state index contributed by atoms with van der Waals surface area (Å²) in [5.74, 6) is -0.178. The fraction of sp³-hybridized carbons (Fsp3) is 0.125. The molecule has 0 bridgehead atoms. The summed E-state index contributed by atoms with van der Waals surface area (Å²) in [7, 11) is 0. The normalized spacial score (nSPS) is 18.8. The number of carbonyl (C=O) groups is 2. The molecule has 1 aliphatic carbocycles. The van der Waals surface area contributed by atoms with Gasteiger partial charge in [0.2, 0.25) is 0 Å². The Morgan fingerprint density at radius 1 is 1.10 bits per heavy atom. The van der Waals surface area contributed by atoms with E-state index in [-0.39, 0.29) is 12.6 Å². The van der Waals surface area contributed by atoms with E-state index in [0.29, 0.717) is 28.3 Å². The summed E-state index contributed by atoms with van der Waals surface area (Å²) in [6, 6.07) is 18.0. The molecule has 4 rings (SSSR count). The van der Waals surface area contributed by atoms with Crippen molar-refractivity contribution >= 4 is 29.1 Å². The van der Waals surface area contributed by atoms with Crippen LogP contribution in [0.2, 0.25) is 0 Å². The quantitative estimate of drug-likeness (QED) is 0.299. The van der Waals surface area contributed by atoms with Crippen molar-refractivity contribution in [3.63, 3.8) is 0 Å². The predicted octanol–water partition coefficient (Wildman–Crippen LogP) is 4.93. The fourth-order valence-electron chi connectivity index (χ4n) is 3.40. The zero-order chi connectivity index (χ0) is 20.9. The number of allylic oxidation sites excluding steroid dienone is 4. The second-order valence-electron chi connectivity index (χ2n) is 6.77. The van der Waals surface area contributed by atoms with Crippen LogP contribution in [0, 0.1) is 0 Å². The lowest BCUT2D eigenvalue weighted by molar-refractivity contribution is -0.129. The van der Waals surface area contributed by atoms with Gasteiger partial charge in [0.05, 0.1) is 11.7 Å². The Hall–Kier alpha value is -3.51. The monoisotopic (exact) mass is 417 g/mol. The highest BCUT2D eigenvalue weighted by atomic mass is 32.1. The Morgan fingerprint density at radius 3 is 2.50 bits per heavy atom. The Labute approximate surface area is 179 Å².